The van der Waals surface area contributed by atoms with E-state index in [1.165, 1.54) is 5.69 Å². The van der Waals surface area contributed by atoms with Crippen LogP contribution in [0.2, 0.25) is 0 Å². The highest BCUT2D eigenvalue weighted by atomic mass is 79.9. The zero-order chi connectivity index (χ0) is 13.4. The van der Waals surface area contributed by atoms with Crippen molar-refractivity contribution in [3.8, 4) is 0 Å². The van der Waals surface area contributed by atoms with Crippen LogP contribution in [0.1, 0.15) is 30.1 Å². The molecule has 1 aromatic carbocycles. The van der Waals surface area contributed by atoms with Crippen LogP contribution in [0.5, 0.6) is 0 Å². The maximum Gasteiger partial charge on any atom is 0.283 e. The van der Waals surface area contributed by atoms with Crippen LogP contribution in [-0.2, 0) is 6.42 Å². The van der Waals surface area contributed by atoms with Gasteiger partial charge in [-0.25, -0.2) is 4.98 Å². The minimum absolute atomic E-state index is 0.102. The van der Waals surface area contributed by atoms with Gasteiger partial charge in [0.2, 0.25) is 0 Å². The van der Waals surface area contributed by atoms with E-state index in [1.807, 2.05) is 24.7 Å². The fourth-order valence-electron chi connectivity index (χ4n) is 2.63. The average Bonchev–Trinajstić information content (AvgIpc) is 2.86. The molecule has 0 spiro atoms. The van der Waals surface area contributed by atoms with Crippen LogP contribution in [-0.4, -0.2) is 14.5 Å². The Bertz CT molecular complexity index is 639. The molecule has 5 nitrogen and oxygen atoms in total. The van der Waals surface area contributed by atoms with Crippen molar-refractivity contribution in [2.24, 2.45) is 0 Å². The molecule has 1 aliphatic heterocycles. The number of benzene rings is 1. The number of fused-ring (bicyclic) bond motifs is 1. The molecule has 1 atom stereocenters. The third-order valence-corrected chi connectivity index (χ3v) is 4.18. The number of imidazole rings is 1. The molecule has 3 rings (SSSR count). The first-order valence-corrected chi connectivity index (χ1v) is 6.90. The second-order valence-corrected chi connectivity index (χ2v) is 5.52. The lowest BCUT2D eigenvalue weighted by Gasteiger charge is -2.26. The molecular formula is C13H12BrN3O2. The van der Waals surface area contributed by atoms with Crippen molar-refractivity contribution < 1.29 is 4.92 Å². The molecule has 1 unspecified atom stereocenters. The van der Waals surface area contributed by atoms with Crippen molar-refractivity contribution >= 4 is 21.6 Å². The Kier molecular flexibility index (Phi) is 3.10. The Labute approximate surface area is 118 Å². The Balaban J connectivity index is 2.01. The summed E-state index contributed by atoms with van der Waals surface area (Å²) in [6.07, 6.45) is 6.93. The Morgan fingerprint density at radius 1 is 1.47 bits per heavy atom. The van der Waals surface area contributed by atoms with Gasteiger partial charge in [0.05, 0.1) is 21.8 Å². The van der Waals surface area contributed by atoms with E-state index in [1.54, 1.807) is 6.07 Å². The summed E-state index contributed by atoms with van der Waals surface area (Å²) in [6, 6.07) is 5.47. The molecule has 0 saturated heterocycles. The van der Waals surface area contributed by atoms with Crippen LogP contribution in [0, 0.1) is 10.1 Å². The summed E-state index contributed by atoms with van der Waals surface area (Å²) in [7, 11) is 0. The van der Waals surface area contributed by atoms with Crippen LogP contribution in [0.3, 0.4) is 0 Å². The molecule has 0 saturated carbocycles. The molecule has 0 fully saturated rings. The molecule has 1 aromatic heterocycles. The van der Waals surface area contributed by atoms with E-state index in [0.29, 0.717) is 4.47 Å². The molecule has 2 aromatic rings. The molecule has 19 heavy (non-hydrogen) atoms. The van der Waals surface area contributed by atoms with Gasteiger partial charge in [0.25, 0.3) is 5.69 Å². The molecule has 0 aliphatic carbocycles. The molecule has 0 amide bonds. The van der Waals surface area contributed by atoms with Crippen LogP contribution in [0.15, 0.2) is 35.2 Å². The monoisotopic (exact) mass is 321 g/mol. The number of nitro groups is 1. The number of hydrogen-bond acceptors (Lipinski definition) is 3. The van der Waals surface area contributed by atoms with Gasteiger partial charge >= 0.3 is 0 Å². The average molecular weight is 322 g/mol. The smallest absolute Gasteiger partial charge is 0.283 e. The van der Waals surface area contributed by atoms with E-state index in [9.17, 15) is 10.1 Å². The minimum atomic E-state index is -0.378. The summed E-state index contributed by atoms with van der Waals surface area (Å²) in [4.78, 5) is 14.6. The largest absolute Gasteiger partial charge is 0.327 e. The second-order valence-electron chi connectivity index (χ2n) is 4.67. The quantitative estimate of drug-likeness (QED) is 0.628. The summed E-state index contributed by atoms with van der Waals surface area (Å²) in [5.41, 5.74) is 2.41. The Morgan fingerprint density at radius 3 is 3.05 bits per heavy atom. The van der Waals surface area contributed by atoms with E-state index in [-0.39, 0.29) is 16.7 Å². The standard InChI is InChI=1S/C13H12BrN3O2/c14-11-6-9(4-5-13(11)17(18)19)12-3-1-2-10-7-15-8-16(10)12/h4-8,12H,1-3H2. The third kappa shape index (κ3) is 2.16. The SMILES string of the molecule is O=[N+]([O-])c1ccc(C2CCCc3cncn32)cc1Br. The van der Waals surface area contributed by atoms with E-state index in [0.717, 1.165) is 24.8 Å². The van der Waals surface area contributed by atoms with Gasteiger partial charge < -0.3 is 4.57 Å². The summed E-state index contributed by atoms with van der Waals surface area (Å²) in [5, 5.41) is 10.8. The molecule has 1 aliphatic rings. The molecule has 2 heterocycles. The van der Waals surface area contributed by atoms with Crippen LogP contribution in [0.25, 0.3) is 0 Å². The zero-order valence-corrected chi connectivity index (χ0v) is 11.7. The Morgan fingerprint density at radius 2 is 2.32 bits per heavy atom. The molecule has 0 radical (unpaired) electrons. The minimum Gasteiger partial charge on any atom is -0.327 e. The first kappa shape index (κ1) is 12.3. The number of nitrogens with zero attached hydrogens (tertiary/aromatic N) is 3. The highest BCUT2D eigenvalue weighted by Gasteiger charge is 2.22. The summed E-state index contributed by atoms with van der Waals surface area (Å²) < 4.78 is 2.69. The molecule has 0 bridgehead atoms. The fourth-order valence-corrected chi connectivity index (χ4v) is 3.17. The van der Waals surface area contributed by atoms with Gasteiger partial charge in [0, 0.05) is 18.0 Å². The van der Waals surface area contributed by atoms with Gasteiger partial charge in [-0.1, -0.05) is 6.07 Å². The number of hydrogen-bond donors (Lipinski definition) is 0. The lowest BCUT2D eigenvalue weighted by Crippen LogP contribution is -2.17. The maximum absolute atomic E-state index is 10.8. The number of aryl methyl sites for hydroxylation is 1. The predicted octanol–water partition coefficient (Wildman–Crippen LogP) is 3.48. The fraction of sp³-hybridized carbons (Fsp3) is 0.308. The third-order valence-electron chi connectivity index (χ3n) is 3.55. The highest BCUT2D eigenvalue weighted by Crippen LogP contribution is 2.34. The molecular weight excluding hydrogens is 310 g/mol. The van der Waals surface area contributed by atoms with Crippen molar-refractivity contribution in [1.82, 2.24) is 9.55 Å². The van der Waals surface area contributed by atoms with Crippen molar-refractivity contribution in [2.45, 2.75) is 25.3 Å². The lowest BCUT2D eigenvalue weighted by atomic mass is 9.96. The molecule has 98 valence electrons. The van der Waals surface area contributed by atoms with Gasteiger partial charge in [-0.3, -0.25) is 10.1 Å². The Hall–Kier alpha value is -1.69. The number of rotatable bonds is 2. The first-order valence-electron chi connectivity index (χ1n) is 6.11. The van der Waals surface area contributed by atoms with Gasteiger partial charge in [0.1, 0.15) is 0 Å². The van der Waals surface area contributed by atoms with E-state index in [2.05, 4.69) is 25.5 Å². The summed E-state index contributed by atoms with van der Waals surface area (Å²) in [6.45, 7) is 0. The topological polar surface area (TPSA) is 61.0 Å². The van der Waals surface area contributed by atoms with Crippen LogP contribution >= 0.6 is 15.9 Å². The van der Waals surface area contributed by atoms with Crippen LogP contribution < -0.4 is 0 Å². The summed E-state index contributed by atoms with van der Waals surface area (Å²) in [5.74, 6) is 0. The second kappa shape index (κ2) is 4.77. The first-order chi connectivity index (χ1) is 9.16. The van der Waals surface area contributed by atoms with E-state index >= 15 is 0 Å². The van der Waals surface area contributed by atoms with Gasteiger partial charge in [-0.15, -0.1) is 0 Å². The lowest BCUT2D eigenvalue weighted by molar-refractivity contribution is -0.385. The number of nitro benzene ring substituents is 1. The van der Waals surface area contributed by atoms with Crippen molar-refractivity contribution in [3.63, 3.8) is 0 Å². The maximum atomic E-state index is 10.8. The van der Waals surface area contributed by atoms with Gasteiger partial charge in [0.15, 0.2) is 0 Å². The van der Waals surface area contributed by atoms with Gasteiger partial charge in [-0.2, -0.15) is 0 Å². The van der Waals surface area contributed by atoms with E-state index < -0.39 is 0 Å². The van der Waals surface area contributed by atoms with Gasteiger partial charge in [-0.05, 0) is 46.8 Å². The van der Waals surface area contributed by atoms with E-state index in [4.69, 9.17) is 0 Å². The normalized spacial score (nSPS) is 18.1. The number of halogens is 1. The van der Waals surface area contributed by atoms with Crippen molar-refractivity contribution in [3.05, 3.63) is 56.6 Å². The highest BCUT2D eigenvalue weighted by molar-refractivity contribution is 9.10. The van der Waals surface area contributed by atoms with Crippen LogP contribution in [0.4, 0.5) is 5.69 Å². The molecule has 0 N–H and O–H groups in total. The molecule has 6 heteroatoms. The predicted molar refractivity (Wildman–Crippen MR) is 74.1 cm³/mol. The number of aromatic nitrogens is 2. The zero-order valence-electron chi connectivity index (χ0n) is 10.1. The van der Waals surface area contributed by atoms with Crippen molar-refractivity contribution in [1.29, 1.82) is 0 Å². The summed E-state index contributed by atoms with van der Waals surface area (Å²) >= 11 is 3.28. The van der Waals surface area contributed by atoms with Crippen molar-refractivity contribution in [2.75, 3.05) is 0 Å².